The molecule has 0 spiro atoms. The highest BCUT2D eigenvalue weighted by Gasteiger charge is 2.57. The Hall–Kier alpha value is -1.72. The third kappa shape index (κ3) is 5.50. The number of esters is 1. The largest absolute Gasteiger partial charge is 0.429 e. The molecule has 1 unspecified atom stereocenters. The summed E-state index contributed by atoms with van der Waals surface area (Å²) in [5.74, 6) is -0.363. The van der Waals surface area contributed by atoms with E-state index in [0.29, 0.717) is 24.8 Å². The number of allylic oxidation sites excluding steroid dienone is 4. The quantitative estimate of drug-likeness (QED) is 0.394. The van der Waals surface area contributed by atoms with Gasteiger partial charge in [-0.05, 0) is 77.6 Å². The molecule has 5 heteroatoms. The summed E-state index contributed by atoms with van der Waals surface area (Å²) in [5, 5.41) is 20.2. The second kappa shape index (κ2) is 10.1. The van der Waals surface area contributed by atoms with Gasteiger partial charge in [0.2, 0.25) is 6.29 Å². The van der Waals surface area contributed by atoms with Gasteiger partial charge in [0.1, 0.15) is 5.78 Å². The van der Waals surface area contributed by atoms with Crippen molar-refractivity contribution in [1.82, 2.24) is 0 Å². The van der Waals surface area contributed by atoms with E-state index in [1.807, 2.05) is 0 Å². The lowest BCUT2D eigenvalue weighted by Gasteiger charge is -2.42. The second-order valence-corrected chi connectivity index (χ2v) is 9.65. The van der Waals surface area contributed by atoms with Gasteiger partial charge in [0.25, 0.3) is 0 Å². The number of ketones is 1. The van der Waals surface area contributed by atoms with Gasteiger partial charge in [0.05, 0.1) is 11.5 Å². The third-order valence-corrected chi connectivity index (χ3v) is 7.17. The highest BCUT2D eigenvalue weighted by atomic mass is 16.6. The first kappa shape index (κ1) is 24.5. The molecule has 1 aliphatic heterocycles. The van der Waals surface area contributed by atoms with Gasteiger partial charge in [-0.1, -0.05) is 37.1 Å². The molecule has 5 nitrogen and oxygen atoms in total. The summed E-state index contributed by atoms with van der Waals surface area (Å²) >= 11 is 0. The summed E-state index contributed by atoms with van der Waals surface area (Å²) in [6.45, 7) is 10.0. The second-order valence-electron chi connectivity index (χ2n) is 9.65. The average molecular weight is 419 g/mol. The van der Waals surface area contributed by atoms with E-state index in [2.05, 4.69) is 44.6 Å². The Bertz CT molecular complexity index is 743. The number of aliphatic hydroxyl groups excluding tert-OH is 2. The summed E-state index contributed by atoms with van der Waals surface area (Å²) in [6.07, 6.45) is 10.5. The van der Waals surface area contributed by atoms with Crippen LogP contribution in [0.3, 0.4) is 0 Å². The van der Waals surface area contributed by atoms with Crippen molar-refractivity contribution in [2.24, 2.45) is 10.8 Å². The maximum atomic E-state index is 12.5. The summed E-state index contributed by atoms with van der Waals surface area (Å²) in [6, 6.07) is 0. The smallest absolute Gasteiger partial charge is 0.333 e. The van der Waals surface area contributed by atoms with Crippen molar-refractivity contribution in [3.8, 4) is 0 Å². The fourth-order valence-electron chi connectivity index (χ4n) is 5.08. The zero-order valence-corrected chi connectivity index (χ0v) is 19.2. The first-order chi connectivity index (χ1) is 14.0. The maximum absolute atomic E-state index is 12.5. The molecule has 1 saturated carbocycles. The number of aliphatic hydroxyl groups is 2. The molecule has 0 radical (unpaired) electrons. The highest BCUT2D eigenvalue weighted by Crippen LogP contribution is 2.56. The van der Waals surface area contributed by atoms with E-state index < -0.39 is 23.8 Å². The fourth-order valence-corrected chi connectivity index (χ4v) is 5.08. The minimum absolute atomic E-state index is 0.110. The van der Waals surface area contributed by atoms with E-state index >= 15 is 0 Å². The van der Waals surface area contributed by atoms with Gasteiger partial charge in [-0.2, -0.15) is 0 Å². The minimum Gasteiger partial charge on any atom is -0.429 e. The van der Waals surface area contributed by atoms with Crippen molar-refractivity contribution in [3.63, 3.8) is 0 Å². The van der Waals surface area contributed by atoms with Crippen LogP contribution >= 0.6 is 0 Å². The van der Waals surface area contributed by atoms with E-state index in [0.717, 1.165) is 32.1 Å². The van der Waals surface area contributed by atoms with Crippen molar-refractivity contribution in [2.45, 2.75) is 98.4 Å². The van der Waals surface area contributed by atoms with E-state index in [9.17, 15) is 19.8 Å². The monoisotopic (exact) mass is 418 g/mol. The molecule has 0 aromatic rings. The fraction of sp³-hybridized carbons (Fsp3) is 0.680. The molecule has 2 aliphatic rings. The van der Waals surface area contributed by atoms with Gasteiger partial charge in [-0.3, -0.25) is 4.79 Å². The SMILES string of the molecule is CC(=O)[C@]1(CC/C(C)=C/CC/C(C)=C/CCC2=CC(=O)OC2O)[C@@H](O)CCC1(C)C. The molecule has 0 amide bonds. The number of ether oxygens (including phenoxy) is 1. The Morgan fingerprint density at radius 2 is 1.77 bits per heavy atom. The first-order valence-electron chi connectivity index (χ1n) is 11.1. The van der Waals surface area contributed by atoms with Crippen LogP contribution in [0.25, 0.3) is 0 Å². The topological polar surface area (TPSA) is 83.8 Å². The van der Waals surface area contributed by atoms with Gasteiger partial charge >= 0.3 is 5.97 Å². The molecule has 0 aromatic heterocycles. The van der Waals surface area contributed by atoms with Crippen LogP contribution in [0.1, 0.15) is 86.0 Å². The van der Waals surface area contributed by atoms with Crippen LogP contribution in [-0.2, 0) is 14.3 Å². The molecule has 0 aromatic carbocycles. The molecule has 168 valence electrons. The molecule has 2 rings (SSSR count). The van der Waals surface area contributed by atoms with Crippen molar-refractivity contribution < 1.29 is 24.5 Å². The molecular formula is C25H38O5. The Kier molecular flexibility index (Phi) is 8.23. The lowest BCUT2D eigenvalue weighted by atomic mass is 9.62. The van der Waals surface area contributed by atoms with Crippen molar-refractivity contribution in [1.29, 1.82) is 0 Å². The summed E-state index contributed by atoms with van der Waals surface area (Å²) in [4.78, 5) is 23.6. The van der Waals surface area contributed by atoms with Gasteiger partial charge in [0, 0.05) is 11.6 Å². The van der Waals surface area contributed by atoms with Crippen molar-refractivity contribution in [2.75, 3.05) is 0 Å². The Morgan fingerprint density at radius 1 is 1.13 bits per heavy atom. The number of hydrogen-bond acceptors (Lipinski definition) is 5. The highest BCUT2D eigenvalue weighted by molar-refractivity contribution is 5.85. The van der Waals surface area contributed by atoms with E-state index in [4.69, 9.17) is 0 Å². The molecular weight excluding hydrogens is 380 g/mol. The zero-order valence-electron chi connectivity index (χ0n) is 19.2. The first-order valence-corrected chi connectivity index (χ1v) is 11.1. The minimum atomic E-state index is -1.08. The molecule has 0 bridgehead atoms. The Morgan fingerprint density at radius 3 is 2.30 bits per heavy atom. The maximum Gasteiger partial charge on any atom is 0.333 e. The standard InChI is InChI=1S/C25H38O5/c1-17(10-7-11-20-16-22(28)30-23(20)29)8-6-9-18(2)12-15-25(19(3)26)21(27)13-14-24(25,4)5/h9-10,16,21,23,27,29H,6-8,11-15H2,1-5H3/b17-10+,18-9+/t21-,23?,25+/m0/s1. The molecule has 30 heavy (non-hydrogen) atoms. The van der Waals surface area contributed by atoms with Gasteiger partial charge < -0.3 is 14.9 Å². The van der Waals surface area contributed by atoms with Crippen LogP contribution in [-0.4, -0.2) is 34.4 Å². The van der Waals surface area contributed by atoms with Crippen LogP contribution < -0.4 is 0 Å². The van der Waals surface area contributed by atoms with E-state index in [1.54, 1.807) is 6.92 Å². The van der Waals surface area contributed by atoms with Crippen LogP contribution in [0.2, 0.25) is 0 Å². The van der Waals surface area contributed by atoms with Crippen molar-refractivity contribution in [3.05, 3.63) is 34.9 Å². The predicted octanol–water partition coefficient (Wildman–Crippen LogP) is 4.78. The summed E-state index contributed by atoms with van der Waals surface area (Å²) in [5.41, 5.74) is 2.36. The average Bonchev–Trinajstić information content (AvgIpc) is 3.08. The molecule has 1 aliphatic carbocycles. The number of carbonyl (C=O) groups is 2. The lowest BCUT2D eigenvalue weighted by molar-refractivity contribution is -0.151. The third-order valence-electron chi connectivity index (χ3n) is 7.17. The molecule has 2 N–H and O–H groups in total. The Balaban J connectivity index is 1.81. The molecule has 1 heterocycles. The van der Waals surface area contributed by atoms with Crippen LogP contribution in [0, 0.1) is 10.8 Å². The van der Waals surface area contributed by atoms with Gasteiger partial charge in [0.15, 0.2) is 0 Å². The predicted molar refractivity (Wildman–Crippen MR) is 118 cm³/mol. The van der Waals surface area contributed by atoms with E-state index in [-0.39, 0.29) is 11.2 Å². The zero-order chi connectivity index (χ0) is 22.5. The van der Waals surface area contributed by atoms with Crippen LogP contribution in [0.4, 0.5) is 0 Å². The summed E-state index contributed by atoms with van der Waals surface area (Å²) in [7, 11) is 0. The van der Waals surface area contributed by atoms with Gasteiger partial charge in [-0.25, -0.2) is 4.79 Å². The number of rotatable bonds is 10. The Labute approximate surface area is 180 Å². The van der Waals surface area contributed by atoms with Crippen LogP contribution in [0.15, 0.2) is 34.9 Å². The van der Waals surface area contributed by atoms with Crippen molar-refractivity contribution >= 4 is 11.8 Å². The number of hydrogen-bond donors (Lipinski definition) is 2. The molecule has 3 atom stereocenters. The number of carbonyl (C=O) groups excluding carboxylic acids is 2. The molecule has 1 fully saturated rings. The van der Waals surface area contributed by atoms with E-state index in [1.165, 1.54) is 17.2 Å². The van der Waals surface area contributed by atoms with Crippen LogP contribution in [0.5, 0.6) is 0 Å². The normalized spacial score (nSPS) is 29.2. The number of cyclic esters (lactones) is 1. The summed E-state index contributed by atoms with van der Waals surface area (Å²) < 4.78 is 4.68. The van der Waals surface area contributed by atoms with Gasteiger partial charge in [-0.15, -0.1) is 0 Å². The molecule has 0 saturated heterocycles. The number of Topliss-reactive ketones (excluding diaryl/α,β-unsaturated/α-hetero) is 1. The lowest BCUT2D eigenvalue weighted by Crippen LogP contribution is -2.46.